The molecule has 0 saturated carbocycles. The average Bonchev–Trinajstić information content (AvgIpc) is 3.14. The number of rotatable bonds is 9. The van der Waals surface area contributed by atoms with E-state index in [9.17, 15) is 4.79 Å². The predicted octanol–water partition coefficient (Wildman–Crippen LogP) is 3.23. The average molecular weight is 458 g/mol. The lowest BCUT2D eigenvalue weighted by Gasteiger charge is -2.56. The minimum Gasteiger partial charge on any atom is -0.482 e. The summed E-state index contributed by atoms with van der Waals surface area (Å²) in [5.74, 6) is 1.69. The van der Waals surface area contributed by atoms with E-state index in [2.05, 4.69) is 37.1 Å². The van der Waals surface area contributed by atoms with E-state index in [1.165, 1.54) is 18.1 Å². The van der Waals surface area contributed by atoms with Gasteiger partial charge in [-0.15, -0.1) is 0 Å². The van der Waals surface area contributed by atoms with Crippen molar-refractivity contribution >= 4 is 5.97 Å². The number of likely N-dealkylation sites (tertiary alicyclic amines) is 1. The molecule has 0 N–H and O–H groups in total. The Morgan fingerprint density at radius 3 is 2.94 bits per heavy atom. The molecule has 1 spiro atoms. The van der Waals surface area contributed by atoms with E-state index in [0.717, 1.165) is 43.7 Å². The molecule has 0 radical (unpaired) electrons. The number of nitrogens with zero attached hydrogens (tertiary/aromatic N) is 1. The van der Waals surface area contributed by atoms with Crippen molar-refractivity contribution < 1.29 is 28.5 Å². The first-order valence-corrected chi connectivity index (χ1v) is 12.1. The minimum absolute atomic E-state index is 0.131. The van der Waals surface area contributed by atoms with Crippen LogP contribution in [0.5, 0.6) is 11.5 Å². The molecular formula is C26H35NO6. The molecule has 5 rings (SSSR count). The molecule has 0 amide bonds. The lowest BCUT2D eigenvalue weighted by atomic mass is 9.53. The molecule has 1 fully saturated rings. The Balaban J connectivity index is 1.49. The molecule has 1 aromatic carbocycles. The Morgan fingerprint density at radius 1 is 1.33 bits per heavy atom. The Hall–Kier alpha value is -2.09. The molecule has 4 aliphatic rings. The molecule has 0 aromatic heterocycles. The summed E-state index contributed by atoms with van der Waals surface area (Å²) < 4.78 is 29.7. The fourth-order valence-electron chi connectivity index (χ4n) is 6.54. The van der Waals surface area contributed by atoms with E-state index in [4.69, 9.17) is 23.7 Å². The first kappa shape index (κ1) is 22.7. The number of carbonyl (C=O) groups excluding carboxylic acids is 1. The van der Waals surface area contributed by atoms with Crippen molar-refractivity contribution in [3.8, 4) is 11.5 Å². The first-order valence-electron chi connectivity index (χ1n) is 12.1. The van der Waals surface area contributed by atoms with Crippen LogP contribution in [-0.4, -0.2) is 69.3 Å². The van der Waals surface area contributed by atoms with Gasteiger partial charge in [-0.1, -0.05) is 31.6 Å². The van der Waals surface area contributed by atoms with Crippen molar-refractivity contribution in [2.24, 2.45) is 5.92 Å². The number of piperidine rings is 1. The van der Waals surface area contributed by atoms with E-state index >= 15 is 0 Å². The first-order chi connectivity index (χ1) is 16.0. The van der Waals surface area contributed by atoms with Gasteiger partial charge in [0.1, 0.15) is 18.3 Å². The second-order valence-electron chi connectivity index (χ2n) is 9.79. The summed E-state index contributed by atoms with van der Waals surface area (Å²) in [5.41, 5.74) is 2.52. The molecule has 2 bridgehead atoms. The Morgan fingerprint density at radius 2 is 2.18 bits per heavy atom. The van der Waals surface area contributed by atoms with E-state index in [1.54, 1.807) is 7.11 Å². The highest BCUT2D eigenvalue weighted by Crippen LogP contribution is 2.62. The van der Waals surface area contributed by atoms with Gasteiger partial charge in [0.15, 0.2) is 18.3 Å². The zero-order valence-corrected chi connectivity index (χ0v) is 20.0. The van der Waals surface area contributed by atoms with Gasteiger partial charge >= 0.3 is 5.97 Å². The highest BCUT2D eigenvalue weighted by atomic mass is 16.7. The van der Waals surface area contributed by atoms with E-state index in [1.807, 2.05) is 6.07 Å². The summed E-state index contributed by atoms with van der Waals surface area (Å²) in [4.78, 5) is 14.0. The molecule has 2 aliphatic carbocycles. The monoisotopic (exact) mass is 457 g/mol. The van der Waals surface area contributed by atoms with Crippen LogP contribution in [0, 0.1) is 5.92 Å². The van der Waals surface area contributed by atoms with E-state index in [-0.39, 0.29) is 36.5 Å². The van der Waals surface area contributed by atoms with Crippen LogP contribution in [0.25, 0.3) is 0 Å². The van der Waals surface area contributed by atoms with Gasteiger partial charge in [-0.05, 0) is 44.5 Å². The van der Waals surface area contributed by atoms with Gasteiger partial charge in [0, 0.05) is 37.0 Å². The Kier molecular flexibility index (Phi) is 6.14. The van der Waals surface area contributed by atoms with Crippen molar-refractivity contribution in [3.63, 3.8) is 0 Å². The van der Waals surface area contributed by atoms with Gasteiger partial charge < -0.3 is 28.6 Å². The predicted molar refractivity (Wildman–Crippen MR) is 123 cm³/mol. The topological polar surface area (TPSA) is 66.5 Å². The summed E-state index contributed by atoms with van der Waals surface area (Å²) in [7, 11) is 3.85. The van der Waals surface area contributed by atoms with Crippen LogP contribution in [0.15, 0.2) is 24.3 Å². The number of esters is 1. The SMILES string of the molecule is CCCC(COC1C=C[C@H]2[C@H]3Cc4ccc(OCOC)c5c4[C@@]2(CCN3C)C1O5)OC(C)=O. The standard InChI is InChI=1S/C26H35NO6/c1-5-6-18(32-16(2)28)14-30-22-10-8-19-20-13-17-7-9-21(31-15-29-4)24-23(17)26(19,25(22)33-24)11-12-27(20)3/h7-10,18-20,22,25H,5-6,11-15H2,1-4H3/t18?,19-,20+,22?,25?,26-/m0/s1. The minimum atomic E-state index is -0.269. The van der Waals surface area contributed by atoms with Crippen molar-refractivity contribution in [1.29, 1.82) is 0 Å². The highest BCUT2D eigenvalue weighted by Gasteiger charge is 2.64. The van der Waals surface area contributed by atoms with Gasteiger partial charge in [0.25, 0.3) is 0 Å². The van der Waals surface area contributed by atoms with Gasteiger partial charge in [-0.2, -0.15) is 0 Å². The van der Waals surface area contributed by atoms with Gasteiger partial charge in [-0.25, -0.2) is 0 Å². The molecule has 180 valence electrons. The fourth-order valence-corrected chi connectivity index (χ4v) is 6.54. The summed E-state index contributed by atoms with van der Waals surface area (Å²) in [6.07, 6.45) is 7.65. The van der Waals surface area contributed by atoms with Crippen molar-refractivity contribution in [2.75, 3.05) is 34.1 Å². The van der Waals surface area contributed by atoms with Gasteiger partial charge in [0.2, 0.25) is 0 Å². The normalized spacial score (nSPS) is 32.1. The largest absolute Gasteiger partial charge is 0.482 e. The zero-order chi connectivity index (χ0) is 23.2. The maximum Gasteiger partial charge on any atom is 0.302 e. The van der Waals surface area contributed by atoms with Gasteiger partial charge in [-0.3, -0.25) is 4.79 Å². The van der Waals surface area contributed by atoms with Crippen LogP contribution < -0.4 is 9.47 Å². The molecule has 7 heteroatoms. The summed E-state index contributed by atoms with van der Waals surface area (Å²) in [6, 6.07) is 4.66. The third-order valence-electron chi connectivity index (χ3n) is 7.87. The highest BCUT2D eigenvalue weighted by molar-refractivity contribution is 5.66. The lowest BCUT2D eigenvalue weighted by molar-refractivity contribution is -0.153. The number of likely N-dealkylation sites (N-methyl/N-ethyl adjacent to an activating group) is 1. The summed E-state index contributed by atoms with van der Waals surface area (Å²) >= 11 is 0. The van der Waals surface area contributed by atoms with Gasteiger partial charge in [0.05, 0.1) is 6.61 Å². The third-order valence-corrected chi connectivity index (χ3v) is 7.87. The number of benzene rings is 1. The lowest BCUT2D eigenvalue weighted by Crippen LogP contribution is -2.65. The van der Waals surface area contributed by atoms with Crippen LogP contribution in [0.1, 0.15) is 44.2 Å². The Bertz CT molecular complexity index is 932. The number of ether oxygens (including phenoxy) is 5. The maximum atomic E-state index is 11.5. The van der Waals surface area contributed by atoms with Crippen molar-refractivity contribution in [1.82, 2.24) is 4.90 Å². The van der Waals surface area contributed by atoms with Crippen molar-refractivity contribution in [3.05, 3.63) is 35.4 Å². The molecule has 1 saturated heterocycles. The van der Waals surface area contributed by atoms with E-state index in [0.29, 0.717) is 18.6 Å². The molecule has 33 heavy (non-hydrogen) atoms. The molecule has 1 aromatic rings. The summed E-state index contributed by atoms with van der Waals surface area (Å²) in [6.45, 7) is 5.10. The zero-order valence-electron chi connectivity index (χ0n) is 20.0. The number of hydrogen-bond acceptors (Lipinski definition) is 7. The van der Waals surface area contributed by atoms with Crippen LogP contribution in [0.4, 0.5) is 0 Å². The number of carbonyl (C=O) groups is 1. The second kappa shape index (κ2) is 8.93. The molecule has 2 heterocycles. The smallest absolute Gasteiger partial charge is 0.302 e. The second-order valence-corrected chi connectivity index (χ2v) is 9.79. The molecule has 2 aliphatic heterocycles. The maximum absolute atomic E-state index is 11.5. The Labute approximate surface area is 196 Å². The van der Waals surface area contributed by atoms with Crippen LogP contribution in [0.2, 0.25) is 0 Å². The number of hydrogen-bond donors (Lipinski definition) is 0. The third kappa shape index (κ3) is 3.65. The molecule has 7 nitrogen and oxygen atoms in total. The quantitative estimate of drug-likeness (QED) is 0.320. The fraction of sp³-hybridized carbons (Fsp3) is 0.654. The summed E-state index contributed by atoms with van der Waals surface area (Å²) in [5, 5.41) is 0. The van der Waals surface area contributed by atoms with E-state index < -0.39 is 0 Å². The van der Waals surface area contributed by atoms with Crippen LogP contribution in [0.3, 0.4) is 0 Å². The molecule has 3 unspecified atom stereocenters. The number of methoxy groups -OCH3 is 1. The van der Waals surface area contributed by atoms with Crippen LogP contribution >= 0.6 is 0 Å². The molecular weight excluding hydrogens is 422 g/mol. The van der Waals surface area contributed by atoms with Crippen LogP contribution in [-0.2, 0) is 30.8 Å². The molecule has 6 atom stereocenters. The van der Waals surface area contributed by atoms with Crippen molar-refractivity contribution in [2.45, 2.75) is 69.3 Å².